The second-order valence-corrected chi connectivity index (χ2v) is 8.54. The first-order chi connectivity index (χ1) is 10.1. The maximum atomic E-state index is 3.72. The van der Waals surface area contributed by atoms with Crippen molar-refractivity contribution in [3.63, 3.8) is 0 Å². The fourth-order valence-electron chi connectivity index (χ4n) is 4.15. The predicted octanol–water partition coefficient (Wildman–Crippen LogP) is 4.30. The second kappa shape index (κ2) is 8.53. The summed E-state index contributed by atoms with van der Waals surface area (Å²) >= 11 is 0. The zero-order valence-corrected chi connectivity index (χ0v) is 14.8. The number of piperidine rings is 1. The monoisotopic (exact) mass is 294 g/mol. The molecule has 0 unspecified atom stereocenters. The first kappa shape index (κ1) is 17.3. The van der Waals surface area contributed by atoms with E-state index in [1.54, 1.807) is 0 Å². The molecule has 2 aliphatic rings. The van der Waals surface area contributed by atoms with Crippen molar-refractivity contribution in [3.8, 4) is 0 Å². The van der Waals surface area contributed by atoms with Gasteiger partial charge in [0.15, 0.2) is 0 Å². The standard InChI is InChI=1S/C19H38N2/c1-19(2,3)18-10-8-17(9-11-18)16-20-12-7-15-21-13-5-4-6-14-21/h17-18,20H,4-16H2,1-3H3. The molecule has 0 radical (unpaired) electrons. The molecule has 1 N–H and O–H groups in total. The van der Waals surface area contributed by atoms with Gasteiger partial charge in [0.05, 0.1) is 0 Å². The van der Waals surface area contributed by atoms with Gasteiger partial charge in [-0.2, -0.15) is 0 Å². The minimum absolute atomic E-state index is 0.521. The zero-order valence-electron chi connectivity index (χ0n) is 14.8. The van der Waals surface area contributed by atoms with Gasteiger partial charge in [-0.1, -0.05) is 27.2 Å². The molecule has 0 aromatic carbocycles. The fraction of sp³-hybridized carbons (Fsp3) is 1.00. The molecule has 1 saturated heterocycles. The fourth-order valence-corrected chi connectivity index (χ4v) is 4.15. The van der Waals surface area contributed by atoms with Crippen molar-refractivity contribution >= 4 is 0 Å². The lowest BCUT2D eigenvalue weighted by atomic mass is 9.70. The van der Waals surface area contributed by atoms with Gasteiger partial charge >= 0.3 is 0 Å². The third-order valence-electron chi connectivity index (χ3n) is 5.78. The lowest BCUT2D eigenvalue weighted by molar-refractivity contribution is 0.148. The maximum Gasteiger partial charge on any atom is -0.000664 e. The van der Waals surface area contributed by atoms with E-state index in [1.807, 2.05) is 0 Å². The van der Waals surface area contributed by atoms with Crippen LogP contribution in [0.2, 0.25) is 0 Å². The van der Waals surface area contributed by atoms with Gasteiger partial charge in [-0.15, -0.1) is 0 Å². The largest absolute Gasteiger partial charge is 0.316 e. The van der Waals surface area contributed by atoms with Gasteiger partial charge in [0, 0.05) is 0 Å². The first-order valence-corrected chi connectivity index (χ1v) is 9.49. The highest BCUT2D eigenvalue weighted by molar-refractivity contribution is 4.81. The molecule has 0 bridgehead atoms. The van der Waals surface area contributed by atoms with Gasteiger partial charge in [0.1, 0.15) is 0 Å². The number of likely N-dealkylation sites (tertiary alicyclic amines) is 1. The summed E-state index contributed by atoms with van der Waals surface area (Å²) in [6.45, 7) is 13.7. The average Bonchev–Trinajstić information content (AvgIpc) is 2.47. The van der Waals surface area contributed by atoms with E-state index in [1.165, 1.54) is 84.1 Å². The minimum atomic E-state index is 0.521. The van der Waals surface area contributed by atoms with Crippen molar-refractivity contribution in [2.75, 3.05) is 32.7 Å². The van der Waals surface area contributed by atoms with E-state index in [4.69, 9.17) is 0 Å². The number of nitrogens with one attached hydrogen (secondary N) is 1. The van der Waals surface area contributed by atoms with E-state index in [-0.39, 0.29) is 0 Å². The average molecular weight is 295 g/mol. The quantitative estimate of drug-likeness (QED) is 0.735. The highest BCUT2D eigenvalue weighted by Gasteiger charge is 2.29. The Kier molecular flexibility index (Phi) is 7.01. The molecule has 2 nitrogen and oxygen atoms in total. The van der Waals surface area contributed by atoms with Crippen LogP contribution in [-0.2, 0) is 0 Å². The third kappa shape index (κ3) is 6.28. The molecular weight excluding hydrogens is 256 g/mol. The summed E-state index contributed by atoms with van der Waals surface area (Å²) in [6.07, 6.45) is 11.4. The van der Waals surface area contributed by atoms with Crippen LogP contribution in [0.25, 0.3) is 0 Å². The summed E-state index contributed by atoms with van der Waals surface area (Å²) in [5.74, 6) is 1.89. The third-order valence-corrected chi connectivity index (χ3v) is 5.78. The Morgan fingerprint density at radius 3 is 2.24 bits per heavy atom. The molecule has 0 aromatic rings. The van der Waals surface area contributed by atoms with Gasteiger partial charge in [-0.3, -0.25) is 0 Å². The summed E-state index contributed by atoms with van der Waals surface area (Å²) in [6, 6.07) is 0. The summed E-state index contributed by atoms with van der Waals surface area (Å²) in [5, 5.41) is 3.72. The molecule has 0 amide bonds. The van der Waals surface area contributed by atoms with Crippen LogP contribution in [0.5, 0.6) is 0 Å². The van der Waals surface area contributed by atoms with Crippen LogP contribution in [0.1, 0.15) is 72.1 Å². The number of hydrogen-bond donors (Lipinski definition) is 1. The van der Waals surface area contributed by atoms with Gasteiger partial charge in [0.2, 0.25) is 0 Å². The smallest absolute Gasteiger partial charge is 0.000664 e. The SMILES string of the molecule is CC(C)(C)C1CCC(CNCCCN2CCCCC2)CC1. The van der Waals surface area contributed by atoms with Crippen molar-refractivity contribution in [2.24, 2.45) is 17.3 Å². The van der Waals surface area contributed by atoms with Crippen LogP contribution in [0.15, 0.2) is 0 Å². The van der Waals surface area contributed by atoms with E-state index in [9.17, 15) is 0 Å². The van der Waals surface area contributed by atoms with Gasteiger partial charge in [-0.25, -0.2) is 0 Å². The number of nitrogens with zero attached hydrogens (tertiary/aromatic N) is 1. The lowest BCUT2D eigenvalue weighted by Gasteiger charge is -2.37. The molecule has 2 fully saturated rings. The topological polar surface area (TPSA) is 15.3 Å². The Labute approximate surface area is 133 Å². The Morgan fingerprint density at radius 1 is 0.952 bits per heavy atom. The van der Waals surface area contributed by atoms with Crippen LogP contribution < -0.4 is 5.32 Å². The van der Waals surface area contributed by atoms with Crippen molar-refractivity contribution in [3.05, 3.63) is 0 Å². The normalized spacial score (nSPS) is 28.7. The summed E-state index contributed by atoms with van der Waals surface area (Å²) in [4.78, 5) is 2.65. The van der Waals surface area contributed by atoms with Crippen molar-refractivity contribution in [1.82, 2.24) is 10.2 Å². The summed E-state index contributed by atoms with van der Waals surface area (Å²) in [7, 11) is 0. The van der Waals surface area contributed by atoms with E-state index < -0.39 is 0 Å². The van der Waals surface area contributed by atoms with Crippen molar-refractivity contribution in [2.45, 2.75) is 72.1 Å². The Bertz CT molecular complexity index is 268. The maximum absolute atomic E-state index is 3.72. The molecule has 0 spiro atoms. The molecule has 21 heavy (non-hydrogen) atoms. The summed E-state index contributed by atoms with van der Waals surface area (Å²) in [5.41, 5.74) is 0.521. The van der Waals surface area contributed by atoms with E-state index in [0.29, 0.717) is 5.41 Å². The molecule has 1 aliphatic carbocycles. The molecule has 1 saturated carbocycles. The Hall–Kier alpha value is -0.0800. The summed E-state index contributed by atoms with van der Waals surface area (Å²) < 4.78 is 0. The number of rotatable bonds is 6. The van der Waals surface area contributed by atoms with E-state index in [0.717, 1.165) is 11.8 Å². The van der Waals surface area contributed by atoms with E-state index >= 15 is 0 Å². The van der Waals surface area contributed by atoms with Crippen molar-refractivity contribution in [1.29, 1.82) is 0 Å². The Balaban J connectivity index is 1.48. The highest BCUT2D eigenvalue weighted by atomic mass is 15.1. The minimum Gasteiger partial charge on any atom is -0.316 e. The molecule has 0 aromatic heterocycles. The number of hydrogen-bond acceptors (Lipinski definition) is 2. The second-order valence-electron chi connectivity index (χ2n) is 8.54. The van der Waals surface area contributed by atoms with Gasteiger partial charge in [-0.05, 0) is 94.9 Å². The molecule has 0 atom stereocenters. The Morgan fingerprint density at radius 2 is 1.62 bits per heavy atom. The van der Waals surface area contributed by atoms with Crippen LogP contribution >= 0.6 is 0 Å². The highest BCUT2D eigenvalue weighted by Crippen LogP contribution is 2.39. The molecule has 1 heterocycles. The van der Waals surface area contributed by atoms with Crippen LogP contribution in [0, 0.1) is 17.3 Å². The molecule has 1 aliphatic heterocycles. The molecule has 2 rings (SSSR count). The van der Waals surface area contributed by atoms with Gasteiger partial charge < -0.3 is 10.2 Å². The van der Waals surface area contributed by atoms with Gasteiger partial charge in [0.25, 0.3) is 0 Å². The zero-order chi connectivity index (χ0) is 15.1. The lowest BCUT2D eigenvalue weighted by Crippen LogP contribution is -2.34. The van der Waals surface area contributed by atoms with Crippen molar-refractivity contribution < 1.29 is 0 Å². The van der Waals surface area contributed by atoms with Crippen LogP contribution in [-0.4, -0.2) is 37.6 Å². The van der Waals surface area contributed by atoms with Crippen LogP contribution in [0.4, 0.5) is 0 Å². The molecule has 2 heteroatoms. The molecule has 124 valence electrons. The van der Waals surface area contributed by atoms with E-state index in [2.05, 4.69) is 31.0 Å². The van der Waals surface area contributed by atoms with Crippen LogP contribution in [0.3, 0.4) is 0 Å². The molecular formula is C19H38N2. The predicted molar refractivity (Wildman–Crippen MR) is 92.7 cm³/mol. The first-order valence-electron chi connectivity index (χ1n) is 9.49.